The largest absolute Gasteiger partial charge is 0.380 e. The Balaban J connectivity index is 3.71. The summed E-state index contributed by atoms with van der Waals surface area (Å²) in [5, 5.41) is 3.43. The van der Waals surface area contributed by atoms with E-state index in [9.17, 15) is 0 Å². The molecule has 0 aliphatic rings. The second-order valence-corrected chi connectivity index (χ2v) is 5.11. The Kier molecular flexibility index (Phi) is 9.92. The van der Waals surface area contributed by atoms with E-state index in [1.165, 1.54) is 0 Å². The van der Waals surface area contributed by atoms with Crippen LogP contribution in [0.1, 0.15) is 27.7 Å². The molecule has 0 aromatic carbocycles. The summed E-state index contributed by atoms with van der Waals surface area (Å²) in [6.45, 7) is 13.7. The molecule has 0 saturated heterocycles. The molecule has 0 N–H and O–H groups in total. The summed E-state index contributed by atoms with van der Waals surface area (Å²) in [6, 6.07) is 0. The maximum absolute atomic E-state index is 8.10. The van der Waals surface area contributed by atoms with Gasteiger partial charge in [0.15, 0.2) is 0 Å². The van der Waals surface area contributed by atoms with E-state index >= 15 is 0 Å². The SMILES string of the molecule is CC(C)CN(CCOCCN=[N+]=[N-])CC(C)C. The lowest BCUT2D eigenvalue weighted by atomic mass is 10.1. The van der Waals surface area contributed by atoms with Crippen molar-refractivity contribution in [3.05, 3.63) is 10.4 Å². The Bertz CT molecular complexity index is 215. The molecule has 0 unspecified atom stereocenters. The Morgan fingerprint density at radius 2 is 1.71 bits per heavy atom. The number of hydrogen-bond acceptors (Lipinski definition) is 3. The van der Waals surface area contributed by atoms with Gasteiger partial charge in [-0.1, -0.05) is 32.8 Å². The highest BCUT2D eigenvalue weighted by atomic mass is 16.5. The lowest BCUT2D eigenvalue weighted by molar-refractivity contribution is 0.0995. The molecule has 0 rings (SSSR count). The Morgan fingerprint density at radius 1 is 1.12 bits per heavy atom. The Morgan fingerprint density at radius 3 is 2.18 bits per heavy atom. The standard InChI is InChI=1S/C12H26N4O/c1-11(2)9-16(10-12(3)4)6-8-17-7-5-14-15-13/h11-12H,5-10H2,1-4H3. The molecular formula is C12H26N4O. The normalized spacial score (nSPS) is 11.2. The van der Waals surface area contributed by atoms with Crippen molar-refractivity contribution in [1.29, 1.82) is 0 Å². The van der Waals surface area contributed by atoms with Gasteiger partial charge in [-0.15, -0.1) is 0 Å². The van der Waals surface area contributed by atoms with Gasteiger partial charge in [-0.2, -0.15) is 0 Å². The summed E-state index contributed by atoms with van der Waals surface area (Å²) in [7, 11) is 0. The molecule has 0 radical (unpaired) electrons. The van der Waals surface area contributed by atoms with Crippen LogP contribution in [0.25, 0.3) is 10.4 Å². The van der Waals surface area contributed by atoms with Crippen molar-refractivity contribution >= 4 is 0 Å². The lowest BCUT2D eigenvalue weighted by Gasteiger charge is -2.25. The van der Waals surface area contributed by atoms with E-state index in [1.807, 2.05) is 0 Å². The van der Waals surface area contributed by atoms with E-state index in [4.69, 9.17) is 10.3 Å². The zero-order valence-corrected chi connectivity index (χ0v) is 11.6. The molecule has 17 heavy (non-hydrogen) atoms. The van der Waals surface area contributed by atoms with E-state index in [0.29, 0.717) is 31.6 Å². The van der Waals surface area contributed by atoms with E-state index in [1.54, 1.807) is 0 Å². The van der Waals surface area contributed by atoms with Gasteiger partial charge in [0, 0.05) is 31.1 Å². The van der Waals surface area contributed by atoms with Crippen molar-refractivity contribution in [1.82, 2.24) is 4.90 Å². The topological polar surface area (TPSA) is 61.2 Å². The molecule has 0 fully saturated rings. The zero-order chi connectivity index (χ0) is 13.1. The van der Waals surface area contributed by atoms with Crippen LogP contribution >= 0.6 is 0 Å². The molecule has 0 aliphatic heterocycles. The van der Waals surface area contributed by atoms with E-state index < -0.39 is 0 Å². The number of azide groups is 1. The van der Waals surface area contributed by atoms with Gasteiger partial charge in [-0.25, -0.2) is 0 Å². The quantitative estimate of drug-likeness (QED) is 0.256. The first-order valence-corrected chi connectivity index (χ1v) is 6.37. The van der Waals surface area contributed by atoms with Gasteiger partial charge in [0.05, 0.1) is 13.2 Å². The lowest BCUT2D eigenvalue weighted by Crippen LogP contribution is -2.34. The van der Waals surface area contributed by atoms with Gasteiger partial charge in [-0.05, 0) is 17.4 Å². The first-order chi connectivity index (χ1) is 8.06. The first kappa shape index (κ1) is 16.2. The summed E-state index contributed by atoms with van der Waals surface area (Å²) in [5.74, 6) is 1.36. The monoisotopic (exact) mass is 242 g/mol. The fourth-order valence-corrected chi connectivity index (χ4v) is 1.74. The maximum atomic E-state index is 8.10. The second kappa shape index (κ2) is 10.4. The third-order valence-corrected chi connectivity index (χ3v) is 2.20. The predicted molar refractivity (Wildman–Crippen MR) is 70.9 cm³/mol. The van der Waals surface area contributed by atoms with Crippen LogP contribution in [0.2, 0.25) is 0 Å². The third kappa shape index (κ3) is 11.5. The molecule has 0 aromatic heterocycles. The summed E-state index contributed by atoms with van der Waals surface area (Å²) >= 11 is 0. The van der Waals surface area contributed by atoms with Crippen molar-refractivity contribution in [2.24, 2.45) is 17.0 Å². The summed E-state index contributed by atoms with van der Waals surface area (Å²) in [4.78, 5) is 5.12. The molecule has 0 heterocycles. The van der Waals surface area contributed by atoms with Gasteiger partial charge in [0.2, 0.25) is 0 Å². The van der Waals surface area contributed by atoms with Crippen molar-refractivity contribution < 1.29 is 4.74 Å². The van der Waals surface area contributed by atoms with Gasteiger partial charge in [0.25, 0.3) is 0 Å². The van der Waals surface area contributed by atoms with Crippen LogP contribution in [-0.2, 0) is 4.74 Å². The molecule has 0 bridgehead atoms. The minimum atomic E-state index is 0.421. The van der Waals surface area contributed by atoms with Crippen LogP contribution in [-0.4, -0.2) is 44.3 Å². The molecule has 0 amide bonds. The highest BCUT2D eigenvalue weighted by molar-refractivity contribution is 4.62. The van der Waals surface area contributed by atoms with Crippen LogP contribution in [0.3, 0.4) is 0 Å². The van der Waals surface area contributed by atoms with Gasteiger partial charge < -0.3 is 9.64 Å². The number of rotatable bonds is 10. The van der Waals surface area contributed by atoms with E-state index in [0.717, 1.165) is 19.6 Å². The smallest absolute Gasteiger partial charge is 0.0593 e. The second-order valence-electron chi connectivity index (χ2n) is 5.11. The maximum Gasteiger partial charge on any atom is 0.0593 e. The molecule has 0 aromatic rings. The molecule has 5 heteroatoms. The molecule has 0 aliphatic carbocycles. The van der Waals surface area contributed by atoms with Gasteiger partial charge >= 0.3 is 0 Å². The molecule has 0 spiro atoms. The molecule has 0 atom stereocenters. The van der Waals surface area contributed by atoms with Crippen molar-refractivity contribution in [2.75, 3.05) is 39.4 Å². The van der Waals surface area contributed by atoms with Gasteiger partial charge in [0.1, 0.15) is 0 Å². The third-order valence-electron chi connectivity index (χ3n) is 2.20. The predicted octanol–water partition coefficient (Wildman–Crippen LogP) is 2.93. The van der Waals surface area contributed by atoms with Crippen LogP contribution in [0.4, 0.5) is 0 Å². The van der Waals surface area contributed by atoms with Crippen molar-refractivity contribution in [2.45, 2.75) is 27.7 Å². The summed E-state index contributed by atoms with van der Waals surface area (Å²) < 4.78 is 5.42. The summed E-state index contributed by atoms with van der Waals surface area (Å²) in [6.07, 6.45) is 0. The van der Waals surface area contributed by atoms with Crippen LogP contribution in [0.5, 0.6) is 0 Å². The first-order valence-electron chi connectivity index (χ1n) is 6.37. The molecular weight excluding hydrogens is 216 g/mol. The molecule has 5 nitrogen and oxygen atoms in total. The highest BCUT2D eigenvalue weighted by Crippen LogP contribution is 2.03. The number of nitrogens with zero attached hydrogens (tertiary/aromatic N) is 4. The Labute approximate surface area is 105 Å². The van der Waals surface area contributed by atoms with E-state index in [2.05, 4.69) is 42.6 Å². The van der Waals surface area contributed by atoms with Gasteiger partial charge in [-0.3, -0.25) is 0 Å². The minimum Gasteiger partial charge on any atom is -0.380 e. The zero-order valence-electron chi connectivity index (χ0n) is 11.6. The van der Waals surface area contributed by atoms with Crippen molar-refractivity contribution in [3.8, 4) is 0 Å². The highest BCUT2D eigenvalue weighted by Gasteiger charge is 2.08. The van der Waals surface area contributed by atoms with Crippen LogP contribution < -0.4 is 0 Å². The average molecular weight is 242 g/mol. The summed E-state index contributed by atoms with van der Waals surface area (Å²) in [5.41, 5.74) is 8.10. The van der Waals surface area contributed by atoms with Crippen LogP contribution in [0, 0.1) is 11.8 Å². The molecule has 100 valence electrons. The molecule has 0 saturated carbocycles. The fraction of sp³-hybridized carbons (Fsp3) is 1.00. The van der Waals surface area contributed by atoms with Crippen LogP contribution in [0.15, 0.2) is 5.11 Å². The number of hydrogen-bond donors (Lipinski definition) is 0. The van der Waals surface area contributed by atoms with E-state index in [-0.39, 0.29) is 0 Å². The minimum absolute atomic E-state index is 0.421. The fourth-order valence-electron chi connectivity index (χ4n) is 1.74. The van der Waals surface area contributed by atoms with Crippen molar-refractivity contribution in [3.63, 3.8) is 0 Å². The Hall–Kier alpha value is -0.770. The number of ether oxygens (including phenoxy) is 1. The average Bonchev–Trinajstić information content (AvgIpc) is 2.21.